The molecule has 0 amide bonds. The second kappa shape index (κ2) is 23.1. The molecule has 0 bridgehead atoms. The van der Waals surface area contributed by atoms with Gasteiger partial charge in [0, 0.05) is 0 Å². The fourth-order valence-corrected chi connectivity index (χ4v) is 14.6. The van der Waals surface area contributed by atoms with Gasteiger partial charge in [-0.3, -0.25) is 0 Å². The van der Waals surface area contributed by atoms with Crippen molar-refractivity contribution in [3.63, 3.8) is 0 Å². The molecule has 4 aromatic carbocycles. The summed E-state index contributed by atoms with van der Waals surface area (Å²) < 4.78 is 34.2. The van der Waals surface area contributed by atoms with Crippen LogP contribution in [-0.2, 0) is 25.8 Å². The van der Waals surface area contributed by atoms with Gasteiger partial charge in [0.2, 0.25) is 18.1 Å². The molecular formula is C56H86O5Si2. The van der Waals surface area contributed by atoms with Gasteiger partial charge in [0.15, 0.2) is 0 Å². The smallest absolute Gasteiger partial charge is 0.228 e. The summed E-state index contributed by atoms with van der Waals surface area (Å²) in [6, 6.07) is 27.8. The summed E-state index contributed by atoms with van der Waals surface area (Å²) in [6.45, 7) is 39.2. The highest BCUT2D eigenvalue weighted by molar-refractivity contribution is 6.91. The third-order valence-corrected chi connectivity index (χ3v) is 17.8. The molecule has 0 saturated heterocycles. The zero-order valence-electron chi connectivity index (χ0n) is 42.6. The second-order valence-corrected chi connectivity index (χ2v) is 27.0. The van der Waals surface area contributed by atoms with Crippen LogP contribution in [0.15, 0.2) is 72.8 Å². The summed E-state index contributed by atoms with van der Waals surface area (Å²) in [6.07, 6.45) is 8.49. The molecule has 348 valence electrons. The van der Waals surface area contributed by atoms with E-state index < -0.39 is 18.1 Å². The minimum Gasteiger partial charge on any atom is -0.493 e. The van der Waals surface area contributed by atoms with Crippen LogP contribution in [0.3, 0.4) is 0 Å². The molecule has 0 spiro atoms. The second-order valence-electron chi connectivity index (χ2n) is 21.7. The molecule has 4 aromatic rings. The predicted octanol–water partition coefficient (Wildman–Crippen LogP) is 12.0. The Labute approximate surface area is 388 Å². The topological polar surface area (TPSA) is 46.2 Å². The average molecular weight is 895 g/mol. The largest absolute Gasteiger partial charge is 0.493 e. The van der Waals surface area contributed by atoms with Crippen LogP contribution in [-0.4, -0.2) is 44.5 Å². The number of unbranched alkanes of at least 4 members (excludes halogenated alkanes) is 4. The van der Waals surface area contributed by atoms with Gasteiger partial charge in [-0.2, -0.15) is 0 Å². The number of hydrogen-bond acceptors (Lipinski definition) is 5. The van der Waals surface area contributed by atoms with E-state index in [9.17, 15) is 0 Å². The minimum absolute atomic E-state index is 0.134. The fourth-order valence-electron chi connectivity index (χ4n) is 7.83. The third kappa shape index (κ3) is 14.7. The molecule has 0 fully saturated rings. The SMILES string of the molecule is CCCCOc1ccc([SiH](O[SiH](c2ccc(OCCCC)c(C(C)(C)C)c2)c2ccc(OCCCC)c(C(C)(C)C)c2)c2ccc(OCCCC)c(C(C)(C)C)c2)cc1C(C)(C)C. The Balaban J connectivity index is 2.08. The van der Waals surface area contributed by atoms with Crippen LogP contribution in [0.4, 0.5) is 0 Å². The quantitative estimate of drug-likeness (QED) is 0.0581. The lowest BCUT2D eigenvalue weighted by molar-refractivity contribution is 0.301. The van der Waals surface area contributed by atoms with E-state index in [0.29, 0.717) is 26.4 Å². The van der Waals surface area contributed by atoms with Crippen molar-refractivity contribution < 1.29 is 23.1 Å². The fraction of sp³-hybridized carbons (Fsp3) is 0.571. The predicted molar refractivity (Wildman–Crippen MR) is 276 cm³/mol. The van der Waals surface area contributed by atoms with Crippen molar-refractivity contribution in [2.24, 2.45) is 0 Å². The summed E-state index contributed by atoms with van der Waals surface area (Å²) >= 11 is 0. The minimum atomic E-state index is -2.45. The zero-order valence-corrected chi connectivity index (χ0v) is 44.9. The molecule has 0 unspecified atom stereocenters. The van der Waals surface area contributed by atoms with Gasteiger partial charge in [-0.25, -0.2) is 0 Å². The molecule has 0 heterocycles. The molecule has 0 aliphatic rings. The van der Waals surface area contributed by atoms with E-state index in [1.165, 1.54) is 43.0 Å². The van der Waals surface area contributed by atoms with Gasteiger partial charge in [-0.05, 0) is 115 Å². The summed E-state index contributed by atoms with van der Waals surface area (Å²) in [5.74, 6) is 3.88. The standard InChI is InChI=1S/C56H86O5Si2/c1-17-21-33-57-49-29-25-41(37-45(49)53(5,6)7)62(42-26-30-50(58-34-22-18-2)46(38-42)54(8,9)10)61-63(43-27-31-51(59-35-23-19-3)47(39-43)55(11,12)13)44-28-32-52(60-36-24-20-4)48(40-44)56(14,15)16/h25-32,37-40,62-63H,17-24,33-36H2,1-16H3. The monoisotopic (exact) mass is 895 g/mol. The van der Waals surface area contributed by atoms with E-state index in [0.717, 1.165) is 74.4 Å². The van der Waals surface area contributed by atoms with Crippen LogP contribution in [0.1, 0.15) is 184 Å². The molecule has 0 atom stereocenters. The maximum absolute atomic E-state index is 8.13. The lowest BCUT2D eigenvalue weighted by Gasteiger charge is -2.31. The molecule has 0 saturated carbocycles. The first kappa shape index (κ1) is 52.1. The van der Waals surface area contributed by atoms with E-state index in [1.54, 1.807) is 0 Å². The van der Waals surface area contributed by atoms with Crippen molar-refractivity contribution in [3.05, 3.63) is 95.1 Å². The lowest BCUT2D eigenvalue weighted by atomic mass is 9.86. The van der Waals surface area contributed by atoms with Crippen LogP contribution in [0, 0.1) is 0 Å². The maximum Gasteiger partial charge on any atom is 0.228 e. The van der Waals surface area contributed by atoms with Gasteiger partial charge < -0.3 is 23.1 Å². The number of benzene rings is 4. The average Bonchev–Trinajstić information content (AvgIpc) is 3.21. The molecule has 5 nitrogen and oxygen atoms in total. The summed E-state index contributed by atoms with van der Waals surface area (Å²) in [5.41, 5.74) is 4.35. The number of hydrogen-bond donors (Lipinski definition) is 0. The summed E-state index contributed by atoms with van der Waals surface area (Å²) in [5, 5.41) is 5.02. The molecule has 63 heavy (non-hydrogen) atoms. The highest BCUT2D eigenvalue weighted by Crippen LogP contribution is 2.35. The lowest BCUT2D eigenvalue weighted by Crippen LogP contribution is -2.56. The first-order valence-corrected chi connectivity index (χ1v) is 27.6. The van der Waals surface area contributed by atoms with Crippen LogP contribution in [0.5, 0.6) is 23.0 Å². The van der Waals surface area contributed by atoms with Crippen LogP contribution >= 0.6 is 0 Å². The van der Waals surface area contributed by atoms with Gasteiger partial charge in [0.25, 0.3) is 0 Å². The number of rotatable bonds is 22. The van der Waals surface area contributed by atoms with Crippen molar-refractivity contribution in [1.29, 1.82) is 0 Å². The summed E-state index contributed by atoms with van der Waals surface area (Å²) in [7, 11) is -4.91. The van der Waals surface area contributed by atoms with Gasteiger partial charge >= 0.3 is 0 Å². The van der Waals surface area contributed by atoms with Crippen LogP contribution < -0.4 is 39.7 Å². The molecule has 0 aliphatic heterocycles. The molecule has 0 radical (unpaired) electrons. The van der Waals surface area contributed by atoms with E-state index in [1.807, 2.05) is 0 Å². The first-order valence-electron chi connectivity index (χ1n) is 24.4. The van der Waals surface area contributed by atoms with Crippen molar-refractivity contribution >= 4 is 38.8 Å². The molecular weight excluding hydrogens is 809 g/mol. The number of ether oxygens (including phenoxy) is 4. The van der Waals surface area contributed by atoms with Crippen molar-refractivity contribution in [1.82, 2.24) is 0 Å². The molecule has 7 heteroatoms. The van der Waals surface area contributed by atoms with Crippen LogP contribution in [0.2, 0.25) is 0 Å². The Kier molecular flexibility index (Phi) is 19.1. The van der Waals surface area contributed by atoms with E-state index in [4.69, 9.17) is 23.1 Å². The molecule has 0 N–H and O–H groups in total. The van der Waals surface area contributed by atoms with Gasteiger partial charge in [-0.1, -0.05) is 185 Å². The Bertz CT molecular complexity index is 1740. The normalized spacial score (nSPS) is 12.6. The zero-order chi connectivity index (χ0) is 46.6. The first-order chi connectivity index (χ1) is 29.6. The summed E-state index contributed by atoms with van der Waals surface area (Å²) in [4.78, 5) is 0. The van der Waals surface area contributed by atoms with Crippen molar-refractivity contribution in [3.8, 4) is 23.0 Å². The molecule has 0 aliphatic carbocycles. The molecule has 0 aromatic heterocycles. The van der Waals surface area contributed by atoms with E-state index >= 15 is 0 Å². The van der Waals surface area contributed by atoms with Crippen molar-refractivity contribution in [2.45, 2.75) is 184 Å². The van der Waals surface area contributed by atoms with Gasteiger partial charge in [0.05, 0.1) is 26.4 Å². The maximum atomic E-state index is 8.13. The van der Waals surface area contributed by atoms with Crippen molar-refractivity contribution in [2.75, 3.05) is 26.4 Å². The van der Waals surface area contributed by atoms with E-state index in [-0.39, 0.29) is 21.7 Å². The Morgan fingerprint density at radius 2 is 0.540 bits per heavy atom. The van der Waals surface area contributed by atoms with Gasteiger partial charge in [-0.15, -0.1) is 0 Å². The Morgan fingerprint density at radius 1 is 0.333 bits per heavy atom. The highest BCUT2D eigenvalue weighted by atomic mass is 28.4. The Morgan fingerprint density at radius 3 is 0.714 bits per heavy atom. The van der Waals surface area contributed by atoms with Crippen LogP contribution in [0.25, 0.3) is 0 Å². The molecule has 4 rings (SSSR count). The van der Waals surface area contributed by atoms with Gasteiger partial charge in [0.1, 0.15) is 23.0 Å². The Hall–Kier alpha value is -3.53. The highest BCUT2D eigenvalue weighted by Gasteiger charge is 2.33. The van der Waals surface area contributed by atoms with E-state index in [2.05, 4.69) is 184 Å². The third-order valence-electron chi connectivity index (χ3n) is 11.8.